The molecular weight excluding hydrogens is 283 g/mol. The van der Waals surface area contributed by atoms with E-state index < -0.39 is 0 Å². The summed E-state index contributed by atoms with van der Waals surface area (Å²) in [5, 5.41) is 11.3. The van der Waals surface area contributed by atoms with Gasteiger partial charge in [0.1, 0.15) is 5.82 Å². The highest BCUT2D eigenvalue weighted by atomic mass is 32.2. The van der Waals surface area contributed by atoms with Crippen molar-refractivity contribution in [1.29, 1.82) is 5.26 Å². The van der Waals surface area contributed by atoms with Crippen molar-refractivity contribution in [3.8, 4) is 6.07 Å². The van der Waals surface area contributed by atoms with E-state index >= 15 is 0 Å². The van der Waals surface area contributed by atoms with Crippen LogP contribution in [0.25, 0.3) is 0 Å². The number of hydrogen-bond donors (Lipinski definition) is 1. The molecular formula is C13H13FN2OS2. The molecule has 0 aromatic heterocycles. The van der Waals surface area contributed by atoms with E-state index in [2.05, 4.69) is 5.32 Å². The molecule has 2 rings (SSSR count). The molecule has 1 aromatic rings. The average molecular weight is 296 g/mol. The number of hydrogen-bond acceptors (Lipinski definition) is 4. The topological polar surface area (TPSA) is 52.9 Å². The van der Waals surface area contributed by atoms with Crippen molar-refractivity contribution in [1.82, 2.24) is 5.32 Å². The van der Waals surface area contributed by atoms with Gasteiger partial charge in [-0.2, -0.15) is 5.26 Å². The van der Waals surface area contributed by atoms with Gasteiger partial charge in [-0.1, -0.05) is 0 Å². The predicted octanol–water partition coefficient (Wildman–Crippen LogP) is 2.74. The largest absolute Gasteiger partial charge is 0.349 e. The summed E-state index contributed by atoms with van der Waals surface area (Å²) in [5.41, 5.74) is 0.856. The molecule has 1 aliphatic rings. The quantitative estimate of drug-likeness (QED) is 0.868. The molecule has 0 saturated heterocycles. The monoisotopic (exact) mass is 296 g/mol. The summed E-state index contributed by atoms with van der Waals surface area (Å²) in [5.74, 6) is 1.10. The summed E-state index contributed by atoms with van der Waals surface area (Å²) in [6.45, 7) is 0. The van der Waals surface area contributed by atoms with Crippen molar-refractivity contribution in [2.24, 2.45) is 0 Å². The zero-order valence-corrected chi connectivity index (χ0v) is 11.8. The van der Waals surface area contributed by atoms with Crippen LogP contribution in [0.5, 0.6) is 0 Å². The Labute approximate surface area is 119 Å². The van der Waals surface area contributed by atoms with Crippen molar-refractivity contribution < 1.29 is 9.18 Å². The van der Waals surface area contributed by atoms with Gasteiger partial charge in [0.2, 0.25) is 5.91 Å². The number of nitriles is 1. The summed E-state index contributed by atoms with van der Waals surface area (Å²) >= 11 is 2.97. The van der Waals surface area contributed by atoms with Gasteiger partial charge >= 0.3 is 0 Å². The molecule has 1 amide bonds. The number of benzene rings is 1. The fourth-order valence-electron chi connectivity index (χ4n) is 1.94. The van der Waals surface area contributed by atoms with Gasteiger partial charge < -0.3 is 5.32 Å². The molecule has 1 aliphatic heterocycles. The highest BCUT2D eigenvalue weighted by molar-refractivity contribution is 8.00. The molecule has 19 heavy (non-hydrogen) atoms. The van der Waals surface area contributed by atoms with Crippen molar-refractivity contribution in [3.63, 3.8) is 0 Å². The van der Waals surface area contributed by atoms with E-state index in [1.807, 2.05) is 6.07 Å². The summed E-state index contributed by atoms with van der Waals surface area (Å²) in [6, 6.07) is 6.56. The molecule has 1 atom stereocenters. The van der Waals surface area contributed by atoms with Gasteiger partial charge in [0.25, 0.3) is 0 Å². The van der Waals surface area contributed by atoms with Crippen molar-refractivity contribution in [2.45, 2.75) is 17.4 Å². The maximum absolute atomic E-state index is 13.3. The lowest BCUT2D eigenvalue weighted by atomic mass is 10.0. The van der Waals surface area contributed by atoms with E-state index in [0.717, 1.165) is 22.6 Å². The van der Waals surface area contributed by atoms with Crippen LogP contribution < -0.4 is 5.32 Å². The molecule has 0 bridgehead atoms. The summed E-state index contributed by atoms with van der Waals surface area (Å²) < 4.78 is 13.3. The first-order valence-electron chi connectivity index (χ1n) is 5.87. The highest BCUT2D eigenvalue weighted by Gasteiger charge is 2.22. The lowest BCUT2D eigenvalue weighted by Gasteiger charge is -2.25. The van der Waals surface area contributed by atoms with Gasteiger partial charge in [-0.15, -0.1) is 23.5 Å². The number of halogens is 1. The van der Waals surface area contributed by atoms with Crippen LogP contribution in [-0.2, 0) is 4.79 Å². The van der Waals surface area contributed by atoms with E-state index in [9.17, 15) is 9.18 Å². The Morgan fingerprint density at radius 2 is 2.47 bits per heavy atom. The Morgan fingerprint density at radius 1 is 1.63 bits per heavy atom. The van der Waals surface area contributed by atoms with Crippen LogP contribution in [0.4, 0.5) is 4.39 Å². The number of nitrogens with one attached hydrogen (secondary N) is 1. The second-order valence-corrected chi connectivity index (χ2v) is 6.21. The predicted molar refractivity (Wildman–Crippen MR) is 75.6 cm³/mol. The van der Waals surface area contributed by atoms with Crippen molar-refractivity contribution in [3.05, 3.63) is 29.6 Å². The molecule has 100 valence electrons. The van der Waals surface area contributed by atoms with E-state index in [1.165, 1.54) is 23.9 Å². The number of carbonyl (C=O) groups excluding carboxylic acids is 1. The van der Waals surface area contributed by atoms with Gasteiger partial charge in [0, 0.05) is 10.6 Å². The number of nitrogens with zero attached hydrogens (tertiary/aromatic N) is 1. The third kappa shape index (κ3) is 3.88. The Hall–Kier alpha value is -1.19. The average Bonchev–Trinajstić information content (AvgIpc) is 2.40. The molecule has 1 aromatic carbocycles. The van der Waals surface area contributed by atoms with Crippen LogP contribution in [0.3, 0.4) is 0 Å². The number of thioether (sulfide) groups is 2. The summed E-state index contributed by atoms with van der Waals surface area (Å²) in [4.78, 5) is 12.8. The molecule has 1 heterocycles. The Morgan fingerprint density at radius 3 is 3.26 bits per heavy atom. The molecule has 1 N–H and O–H groups in total. The number of carbonyl (C=O) groups is 1. The van der Waals surface area contributed by atoms with E-state index in [4.69, 9.17) is 5.26 Å². The third-order valence-corrected chi connectivity index (χ3v) is 4.67. The minimum Gasteiger partial charge on any atom is -0.349 e. The number of amides is 1. The molecule has 6 heteroatoms. The van der Waals surface area contributed by atoms with Crippen LogP contribution in [0.15, 0.2) is 23.1 Å². The molecule has 0 radical (unpaired) electrons. The van der Waals surface area contributed by atoms with E-state index in [1.54, 1.807) is 17.8 Å². The van der Waals surface area contributed by atoms with Crippen LogP contribution in [-0.4, -0.2) is 23.2 Å². The van der Waals surface area contributed by atoms with Gasteiger partial charge in [-0.3, -0.25) is 4.79 Å². The van der Waals surface area contributed by atoms with Crippen molar-refractivity contribution in [2.75, 3.05) is 17.3 Å². The maximum atomic E-state index is 13.3. The fourth-order valence-corrected chi connectivity index (χ4v) is 3.51. The Kier molecular flexibility index (Phi) is 5.11. The minimum atomic E-state index is -0.278. The molecule has 0 spiro atoms. The van der Waals surface area contributed by atoms with E-state index in [0.29, 0.717) is 5.75 Å². The molecule has 3 nitrogen and oxygen atoms in total. The second-order valence-electron chi connectivity index (χ2n) is 4.09. The van der Waals surface area contributed by atoms with Gasteiger partial charge in [0.05, 0.1) is 23.6 Å². The highest BCUT2D eigenvalue weighted by Crippen LogP contribution is 2.36. The number of rotatable bonds is 4. The Bertz CT molecular complexity index is 516. The SMILES string of the molecule is N#CCSCC(=O)N[C@@H]1CCSc2ccc(F)cc21. The van der Waals surface area contributed by atoms with Crippen molar-refractivity contribution >= 4 is 29.4 Å². The molecule has 0 fully saturated rings. The smallest absolute Gasteiger partial charge is 0.230 e. The first-order chi connectivity index (χ1) is 9.20. The lowest BCUT2D eigenvalue weighted by molar-refractivity contribution is -0.119. The third-order valence-electron chi connectivity index (χ3n) is 2.75. The number of fused-ring (bicyclic) bond motifs is 1. The van der Waals surface area contributed by atoms with Gasteiger partial charge in [-0.05, 0) is 30.2 Å². The molecule has 0 saturated carbocycles. The van der Waals surface area contributed by atoms with E-state index in [-0.39, 0.29) is 23.5 Å². The van der Waals surface area contributed by atoms with Crippen LogP contribution in [0.2, 0.25) is 0 Å². The first-order valence-corrected chi connectivity index (χ1v) is 8.01. The molecule has 0 aliphatic carbocycles. The fraction of sp³-hybridized carbons (Fsp3) is 0.385. The zero-order valence-electron chi connectivity index (χ0n) is 10.2. The summed E-state index contributed by atoms with van der Waals surface area (Å²) in [7, 11) is 0. The lowest BCUT2D eigenvalue weighted by Crippen LogP contribution is -2.32. The normalized spacial score (nSPS) is 17.4. The zero-order chi connectivity index (χ0) is 13.7. The standard InChI is InChI=1S/C13H13FN2OS2/c14-9-1-2-12-10(7-9)11(3-5-19-12)16-13(17)8-18-6-4-15/h1-2,7,11H,3,5-6,8H2,(H,16,17)/t11-/m1/s1. The Balaban J connectivity index is 2.01. The maximum Gasteiger partial charge on any atom is 0.230 e. The first kappa shape index (κ1) is 14.2. The van der Waals surface area contributed by atoms with Crippen LogP contribution in [0.1, 0.15) is 18.0 Å². The van der Waals surface area contributed by atoms with Crippen LogP contribution >= 0.6 is 23.5 Å². The second kappa shape index (κ2) is 6.83. The van der Waals surface area contributed by atoms with Gasteiger partial charge in [0.15, 0.2) is 0 Å². The summed E-state index contributed by atoms with van der Waals surface area (Å²) in [6.07, 6.45) is 0.801. The molecule has 0 unspecified atom stereocenters. The van der Waals surface area contributed by atoms with Gasteiger partial charge in [-0.25, -0.2) is 4.39 Å². The van der Waals surface area contributed by atoms with Crippen LogP contribution in [0, 0.1) is 17.1 Å². The minimum absolute atomic E-state index is 0.104.